The number of carbonyl (C=O) groups is 1. The fourth-order valence-electron chi connectivity index (χ4n) is 1.12. The molecule has 0 aliphatic heterocycles. The van der Waals surface area contributed by atoms with E-state index >= 15 is 0 Å². The first-order chi connectivity index (χ1) is 8.04. The van der Waals surface area contributed by atoms with Gasteiger partial charge in [0.1, 0.15) is 6.10 Å². The maximum atomic E-state index is 12.2. The number of nitrogens with two attached hydrogens (primary N) is 1. The molecule has 0 aliphatic carbocycles. The standard InChI is InChI=1S/C8H12F6N2O2/c1-2-3-4(5(17)16-15)18-6(7(9,10)11)8(12,13)14/h4,6H,2-3,15H2,1H3,(H,16,17). The van der Waals surface area contributed by atoms with Crippen molar-refractivity contribution in [1.82, 2.24) is 5.43 Å². The number of alkyl halides is 6. The highest BCUT2D eigenvalue weighted by molar-refractivity contribution is 5.80. The van der Waals surface area contributed by atoms with Crippen LogP contribution in [0.2, 0.25) is 0 Å². The number of hydrazine groups is 1. The molecule has 0 aromatic carbocycles. The number of hydrogen-bond acceptors (Lipinski definition) is 3. The van der Waals surface area contributed by atoms with E-state index in [1.807, 2.05) is 0 Å². The second-order valence-electron chi connectivity index (χ2n) is 3.39. The lowest BCUT2D eigenvalue weighted by Gasteiger charge is -2.27. The number of amides is 1. The normalized spacial score (nSPS) is 14.7. The molecule has 108 valence electrons. The predicted molar refractivity (Wildman–Crippen MR) is 48.0 cm³/mol. The van der Waals surface area contributed by atoms with E-state index in [0.29, 0.717) is 0 Å². The molecule has 0 aliphatic rings. The van der Waals surface area contributed by atoms with Crippen LogP contribution in [0.4, 0.5) is 26.3 Å². The summed E-state index contributed by atoms with van der Waals surface area (Å²) in [6.07, 6.45) is -17.4. The van der Waals surface area contributed by atoms with Gasteiger partial charge in [-0.2, -0.15) is 26.3 Å². The monoisotopic (exact) mass is 282 g/mol. The third-order valence-corrected chi connectivity index (χ3v) is 1.88. The molecular formula is C8H12F6N2O2. The minimum atomic E-state index is -5.65. The van der Waals surface area contributed by atoms with Crippen molar-refractivity contribution < 1.29 is 35.9 Å². The zero-order chi connectivity index (χ0) is 14.6. The smallest absolute Gasteiger partial charge is 0.347 e. The van der Waals surface area contributed by atoms with Crippen molar-refractivity contribution in [3.05, 3.63) is 0 Å². The molecule has 0 aromatic rings. The van der Waals surface area contributed by atoms with Gasteiger partial charge in [0.25, 0.3) is 5.91 Å². The SMILES string of the molecule is CCCC(OC(C(F)(F)F)C(F)(F)F)C(=O)NN. The Morgan fingerprint density at radius 2 is 1.67 bits per heavy atom. The van der Waals surface area contributed by atoms with Crippen molar-refractivity contribution in [2.45, 2.75) is 44.3 Å². The molecule has 0 saturated carbocycles. The van der Waals surface area contributed by atoms with Crippen molar-refractivity contribution in [1.29, 1.82) is 0 Å². The van der Waals surface area contributed by atoms with Crippen LogP contribution in [0.15, 0.2) is 0 Å². The van der Waals surface area contributed by atoms with E-state index < -0.39 is 30.5 Å². The first kappa shape index (κ1) is 17.0. The molecule has 0 saturated heterocycles. The molecule has 0 fully saturated rings. The van der Waals surface area contributed by atoms with Crippen LogP contribution in [0.3, 0.4) is 0 Å². The zero-order valence-electron chi connectivity index (χ0n) is 9.23. The fourth-order valence-corrected chi connectivity index (χ4v) is 1.12. The number of hydrogen-bond donors (Lipinski definition) is 2. The molecule has 18 heavy (non-hydrogen) atoms. The molecule has 0 aromatic heterocycles. The van der Waals surface area contributed by atoms with Crippen molar-refractivity contribution in [2.75, 3.05) is 0 Å². The van der Waals surface area contributed by atoms with Crippen molar-refractivity contribution in [3.8, 4) is 0 Å². The largest absolute Gasteiger partial charge is 0.423 e. The summed E-state index contributed by atoms with van der Waals surface area (Å²) in [7, 11) is 0. The quantitative estimate of drug-likeness (QED) is 0.349. The number of nitrogens with one attached hydrogen (secondary N) is 1. The predicted octanol–water partition coefficient (Wildman–Crippen LogP) is 1.65. The Kier molecular flexibility index (Phi) is 5.87. The van der Waals surface area contributed by atoms with Crippen LogP contribution in [0, 0.1) is 0 Å². The lowest BCUT2D eigenvalue weighted by molar-refractivity contribution is -0.328. The van der Waals surface area contributed by atoms with Gasteiger partial charge in [-0.3, -0.25) is 10.2 Å². The van der Waals surface area contributed by atoms with Crippen molar-refractivity contribution >= 4 is 5.91 Å². The van der Waals surface area contributed by atoms with E-state index in [0.717, 1.165) is 0 Å². The van der Waals surface area contributed by atoms with Gasteiger partial charge in [-0.25, -0.2) is 5.84 Å². The molecule has 10 heteroatoms. The minimum Gasteiger partial charge on any atom is -0.347 e. The number of ether oxygens (including phenoxy) is 1. The van der Waals surface area contributed by atoms with Crippen molar-refractivity contribution in [2.24, 2.45) is 5.84 Å². The fraction of sp³-hybridized carbons (Fsp3) is 0.875. The van der Waals surface area contributed by atoms with Crippen LogP contribution in [0.1, 0.15) is 19.8 Å². The summed E-state index contributed by atoms with van der Waals surface area (Å²) in [6, 6.07) is 0. The topological polar surface area (TPSA) is 64.3 Å². The van der Waals surface area contributed by atoms with E-state index in [-0.39, 0.29) is 12.8 Å². The molecule has 1 atom stereocenters. The van der Waals surface area contributed by atoms with Crippen LogP contribution in [0.25, 0.3) is 0 Å². The molecule has 0 spiro atoms. The Morgan fingerprint density at radius 3 is 1.94 bits per heavy atom. The van der Waals surface area contributed by atoms with Gasteiger partial charge in [-0.1, -0.05) is 13.3 Å². The number of carbonyl (C=O) groups excluding carboxylic acids is 1. The lowest BCUT2D eigenvalue weighted by atomic mass is 10.2. The maximum absolute atomic E-state index is 12.2. The summed E-state index contributed by atoms with van der Waals surface area (Å²) in [5.41, 5.74) is 1.46. The summed E-state index contributed by atoms with van der Waals surface area (Å²) >= 11 is 0. The highest BCUT2D eigenvalue weighted by atomic mass is 19.4. The average molecular weight is 282 g/mol. The van der Waals surface area contributed by atoms with Gasteiger partial charge in [-0.05, 0) is 6.42 Å². The van der Waals surface area contributed by atoms with E-state index in [4.69, 9.17) is 0 Å². The van der Waals surface area contributed by atoms with Gasteiger partial charge in [-0.15, -0.1) is 0 Å². The van der Waals surface area contributed by atoms with Crippen molar-refractivity contribution in [3.63, 3.8) is 0 Å². The van der Waals surface area contributed by atoms with Gasteiger partial charge in [0.05, 0.1) is 0 Å². The lowest BCUT2D eigenvalue weighted by Crippen LogP contribution is -2.50. The molecule has 1 amide bonds. The first-order valence-electron chi connectivity index (χ1n) is 4.83. The minimum absolute atomic E-state index is 0.153. The van der Waals surface area contributed by atoms with Crippen LogP contribution in [0.5, 0.6) is 0 Å². The van der Waals surface area contributed by atoms with Gasteiger partial charge >= 0.3 is 12.4 Å². The molecule has 4 nitrogen and oxygen atoms in total. The van der Waals surface area contributed by atoms with Crippen LogP contribution >= 0.6 is 0 Å². The Balaban J connectivity index is 4.99. The third kappa shape index (κ3) is 5.08. The number of rotatable bonds is 5. The Labute approximate surface area is 98.4 Å². The molecule has 3 N–H and O–H groups in total. The highest BCUT2D eigenvalue weighted by Crippen LogP contribution is 2.36. The van der Waals surface area contributed by atoms with Gasteiger partial charge in [0, 0.05) is 0 Å². The van der Waals surface area contributed by atoms with Gasteiger partial charge in [0.15, 0.2) is 0 Å². The van der Waals surface area contributed by atoms with Gasteiger partial charge in [0.2, 0.25) is 6.10 Å². The summed E-state index contributed by atoms with van der Waals surface area (Å²) in [5.74, 6) is 3.41. The van der Waals surface area contributed by atoms with Crippen LogP contribution in [-0.4, -0.2) is 30.5 Å². The van der Waals surface area contributed by atoms with E-state index in [2.05, 4.69) is 10.6 Å². The zero-order valence-corrected chi connectivity index (χ0v) is 9.23. The summed E-state index contributed by atoms with van der Waals surface area (Å²) in [6.45, 7) is 1.47. The van der Waals surface area contributed by atoms with Crippen LogP contribution < -0.4 is 11.3 Å². The summed E-state index contributed by atoms with van der Waals surface area (Å²) < 4.78 is 76.9. The Morgan fingerprint density at radius 1 is 1.22 bits per heavy atom. The second-order valence-corrected chi connectivity index (χ2v) is 3.39. The second kappa shape index (κ2) is 6.23. The average Bonchev–Trinajstić information content (AvgIpc) is 2.19. The van der Waals surface area contributed by atoms with E-state index in [1.54, 1.807) is 0 Å². The summed E-state index contributed by atoms with van der Waals surface area (Å²) in [5, 5.41) is 0. The third-order valence-electron chi connectivity index (χ3n) is 1.88. The first-order valence-corrected chi connectivity index (χ1v) is 4.83. The Bertz CT molecular complexity index is 264. The Hall–Kier alpha value is -1.03. The van der Waals surface area contributed by atoms with Crippen LogP contribution in [-0.2, 0) is 9.53 Å². The van der Waals surface area contributed by atoms with E-state index in [9.17, 15) is 31.1 Å². The molecule has 1 unspecified atom stereocenters. The summed E-state index contributed by atoms with van der Waals surface area (Å²) in [4.78, 5) is 11.0. The molecule has 0 radical (unpaired) electrons. The molecule has 0 bridgehead atoms. The number of halogens is 6. The maximum Gasteiger partial charge on any atom is 0.423 e. The van der Waals surface area contributed by atoms with E-state index in [1.165, 1.54) is 12.3 Å². The highest BCUT2D eigenvalue weighted by Gasteiger charge is 2.59. The van der Waals surface area contributed by atoms with Gasteiger partial charge < -0.3 is 4.74 Å². The molecule has 0 rings (SSSR count). The molecular weight excluding hydrogens is 270 g/mol. The molecule has 0 heterocycles.